The van der Waals surface area contributed by atoms with Crippen LogP contribution in [0.5, 0.6) is 0 Å². The number of carboxylic acid groups (broad SMARTS) is 1. The maximum absolute atomic E-state index is 11.4. The number of carboxylic acids is 1. The van der Waals surface area contributed by atoms with Crippen LogP contribution >= 0.6 is 0 Å². The summed E-state index contributed by atoms with van der Waals surface area (Å²) in [6.07, 6.45) is 0.844. The predicted molar refractivity (Wildman–Crippen MR) is 50.8 cm³/mol. The van der Waals surface area contributed by atoms with Crippen LogP contribution in [0.4, 0.5) is 0 Å². The summed E-state index contributed by atoms with van der Waals surface area (Å²) in [7, 11) is 0. The Bertz CT molecular complexity index is 290. The first-order chi connectivity index (χ1) is 7.00. The summed E-state index contributed by atoms with van der Waals surface area (Å²) in [6.45, 7) is 0.761. The van der Waals surface area contributed by atoms with Crippen LogP contribution in [-0.4, -0.2) is 40.9 Å². The number of nitrogens with zero attached hydrogens (tertiary/aromatic N) is 1. The Morgan fingerprint density at radius 1 is 1.40 bits per heavy atom. The first-order valence-electron chi connectivity index (χ1n) is 4.79. The molecule has 0 bridgehead atoms. The number of aliphatic carboxylic acids is 1. The number of carbonyl (C=O) groups excluding carboxylic acids is 2. The van der Waals surface area contributed by atoms with Gasteiger partial charge in [0.2, 0.25) is 11.8 Å². The SMILES string of the molecule is NC(=O)C1CCCN(C(=O)CC(=O)O)C1. The second-order valence-corrected chi connectivity index (χ2v) is 3.65. The van der Waals surface area contributed by atoms with E-state index in [0.29, 0.717) is 19.4 Å². The maximum Gasteiger partial charge on any atom is 0.312 e. The molecule has 2 amide bonds. The van der Waals surface area contributed by atoms with Crippen LogP contribution in [0.3, 0.4) is 0 Å². The molecule has 0 saturated carbocycles. The zero-order valence-electron chi connectivity index (χ0n) is 8.31. The molecule has 1 aliphatic rings. The molecule has 0 aromatic carbocycles. The molecule has 0 aromatic heterocycles. The molecule has 0 radical (unpaired) electrons. The Balaban J connectivity index is 2.52. The van der Waals surface area contributed by atoms with Crippen molar-refractivity contribution >= 4 is 17.8 Å². The van der Waals surface area contributed by atoms with E-state index in [-0.39, 0.29) is 12.5 Å². The number of piperidine rings is 1. The molecule has 1 aliphatic heterocycles. The van der Waals surface area contributed by atoms with Gasteiger partial charge in [-0.2, -0.15) is 0 Å². The fourth-order valence-electron chi connectivity index (χ4n) is 1.68. The standard InChI is InChI=1S/C9H14N2O4/c10-9(15)6-2-1-3-11(5-6)7(12)4-8(13)14/h6H,1-5H2,(H2,10,15)(H,13,14). The van der Waals surface area contributed by atoms with Gasteiger partial charge in [0.15, 0.2) is 0 Å². The van der Waals surface area contributed by atoms with Gasteiger partial charge in [0.25, 0.3) is 0 Å². The van der Waals surface area contributed by atoms with Gasteiger partial charge in [0, 0.05) is 13.1 Å². The molecule has 0 aromatic rings. The van der Waals surface area contributed by atoms with Crippen LogP contribution in [0.25, 0.3) is 0 Å². The highest BCUT2D eigenvalue weighted by molar-refractivity contribution is 5.93. The number of nitrogens with two attached hydrogens (primary N) is 1. The van der Waals surface area contributed by atoms with Gasteiger partial charge in [-0.05, 0) is 12.8 Å². The normalized spacial score (nSPS) is 21.1. The molecular formula is C9H14N2O4. The number of carbonyl (C=O) groups is 3. The van der Waals surface area contributed by atoms with Gasteiger partial charge >= 0.3 is 5.97 Å². The molecule has 1 atom stereocenters. The average Bonchev–Trinajstić information content (AvgIpc) is 2.17. The Labute approximate surface area is 87.0 Å². The molecule has 6 heteroatoms. The number of rotatable bonds is 3. The molecule has 3 N–H and O–H groups in total. The first-order valence-corrected chi connectivity index (χ1v) is 4.79. The molecule has 1 rings (SSSR count). The van der Waals surface area contributed by atoms with E-state index in [1.54, 1.807) is 0 Å². The highest BCUT2D eigenvalue weighted by Gasteiger charge is 2.27. The van der Waals surface area contributed by atoms with E-state index in [1.165, 1.54) is 4.90 Å². The molecule has 6 nitrogen and oxygen atoms in total. The number of primary amides is 1. The van der Waals surface area contributed by atoms with E-state index < -0.39 is 24.2 Å². The minimum absolute atomic E-state index is 0.251. The molecule has 1 heterocycles. The highest BCUT2D eigenvalue weighted by atomic mass is 16.4. The lowest BCUT2D eigenvalue weighted by Gasteiger charge is -2.30. The monoisotopic (exact) mass is 214 g/mol. The van der Waals surface area contributed by atoms with Crippen molar-refractivity contribution in [3.63, 3.8) is 0 Å². The highest BCUT2D eigenvalue weighted by Crippen LogP contribution is 2.16. The van der Waals surface area contributed by atoms with Crippen LogP contribution in [0, 0.1) is 5.92 Å². The number of likely N-dealkylation sites (tertiary alicyclic amines) is 1. The molecule has 15 heavy (non-hydrogen) atoms. The van der Waals surface area contributed by atoms with Crippen molar-refractivity contribution in [2.24, 2.45) is 11.7 Å². The summed E-state index contributed by atoms with van der Waals surface area (Å²) in [5, 5.41) is 8.45. The lowest BCUT2D eigenvalue weighted by molar-refractivity contribution is -0.145. The topological polar surface area (TPSA) is 101 Å². The van der Waals surface area contributed by atoms with E-state index >= 15 is 0 Å². The minimum atomic E-state index is -1.15. The molecule has 1 saturated heterocycles. The van der Waals surface area contributed by atoms with Gasteiger partial charge in [-0.15, -0.1) is 0 Å². The van der Waals surface area contributed by atoms with Gasteiger partial charge in [-0.3, -0.25) is 14.4 Å². The molecule has 84 valence electrons. The molecular weight excluding hydrogens is 200 g/mol. The Kier molecular flexibility index (Phi) is 3.65. The lowest BCUT2D eigenvalue weighted by atomic mass is 9.97. The predicted octanol–water partition coefficient (Wildman–Crippen LogP) is -0.815. The van der Waals surface area contributed by atoms with Gasteiger partial charge in [0.1, 0.15) is 6.42 Å². The summed E-state index contributed by atoms with van der Waals surface area (Å²) in [6, 6.07) is 0. The van der Waals surface area contributed by atoms with Crippen molar-refractivity contribution in [2.75, 3.05) is 13.1 Å². The third kappa shape index (κ3) is 3.23. The maximum atomic E-state index is 11.4. The second kappa shape index (κ2) is 4.77. The Hall–Kier alpha value is -1.59. The van der Waals surface area contributed by atoms with Crippen molar-refractivity contribution in [1.82, 2.24) is 4.90 Å². The Morgan fingerprint density at radius 3 is 2.60 bits per heavy atom. The van der Waals surface area contributed by atoms with Gasteiger partial charge in [-0.1, -0.05) is 0 Å². The first kappa shape index (κ1) is 11.5. The zero-order chi connectivity index (χ0) is 11.4. The van der Waals surface area contributed by atoms with Gasteiger partial charge in [-0.25, -0.2) is 0 Å². The quantitative estimate of drug-likeness (QED) is 0.599. The van der Waals surface area contributed by atoms with E-state index in [1.807, 2.05) is 0 Å². The average molecular weight is 214 g/mol. The van der Waals surface area contributed by atoms with Crippen LogP contribution in [0.2, 0.25) is 0 Å². The van der Waals surface area contributed by atoms with Crippen LogP contribution in [0.1, 0.15) is 19.3 Å². The summed E-state index contributed by atoms with van der Waals surface area (Å²) in [5.74, 6) is -2.37. The molecule has 0 aliphatic carbocycles. The molecule has 1 fully saturated rings. The summed E-state index contributed by atoms with van der Waals surface area (Å²) >= 11 is 0. The van der Waals surface area contributed by atoms with Crippen molar-refractivity contribution < 1.29 is 19.5 Å². The smallest absolute Gasteiger partial charge is 0.312 e. The van der Waals surface area contributed by atoms with Crippen molar-refractivity contribution in [3.05, 3.63) is 0 Å². The van der Waals surface area contributed by atoms with Crippen molar-refractivity contribution in [3.8, 4) is 0 Å². The fraction of sp³-hybridized carbons (Fsp3) is 0.667. The van der Waals surface area contributed by atoms with Crippen LogP contribution in [-0.2, 0) is 14.4 Å². The van der Waals surface area contributed by atoms with E-state index in [9.17, 15) is 14.4 Å². The van der Waals surface area contributed by atoms with E-state index in [4.69, 9.17) is 10.8 Å². The van der Waals surface area contributed by atoms with Crippen molar-refractivity contribution in [1.29, 1.82) is 0 Å². The van der Waals surface area contributed by atoms with Crippen LogP contribution in [0.15, 0.2) is 0 Å². The Morgan fingerprint density at radius 2 is 2.07 bits per heavy atom. The van der Waals surface area contributed by atoms with Gasteiger partial charge in [0.05, 0.1) is 5.92 Å². The second-order valence-electron chi connectivity index (χ2n) is 3.65. The van der Waals surface area contributed by atoms with Crippen molar-refractivity contribution in [2.45, 2.75) is 19.3 Å². The summed E-state index contributed by atoms with van der Waals surface area (Å²) < 4.78 is 0. The van der Waals surface area contributed by atoms with E-state index in [2.05, 4.69) is 0 Å². The third-order valence-electron chi connectivity index (χ3n) is 2.48. The number of hydrogen-bond donors (Lipinski definition) is 2. The fourth-order valence-corrected chi connectivity index (χ4v) is 1.68. The third-order valence-corrected chi connectivity index (χ3v) is 2.48. The lowest BCUT2D eigenvalue weighted by Crippen LogP contribution is -2.44. The summed E-state index contributed by atoms with van der Waals surface area (Å²) in [4.78, 5) is 34.0. The molecule has 1 unspecified atom stereocenters. The number of hydrogen-bond acceptors (Lipinski definition) is 3. The van der Waals surface area contributed by atoms with Gasteiger partial charge < -0.3 is 15.7 Å². The number of amides is 2. The van der Waals surface area contributed by atoms with Crippen LogP contribution < -0.4 is 5.73 Å². The zero-order valence-corrected chi connectivity index (χ0v) is 8.31. The summed E-state index contributed by atoms with van der Waals surface area (Å²) in [5.41, 5.74) is 5.14. The minimum Gasteiger partial charge on any atom is -0.481 e. The van der Waals surface area contributed by atoms with E-state index in [0.717, 1.165) is 0 Å². The largest absolute Gasteiger partial charge is 0.481 e. The molecule has 0 spiro atoms.